The summed E-state index contributed by atoms with van der Waals surface area (Å²) in [6.45, 7) is 22.9. The van der Waals surface area contributed by atoms with Gasteiger partial charge in [0.05, 0.1) is 25.8 Å². The second kappa shape index (κ2) is 56.1. The zero-order valence-electron chi connectivity index (χ0n) is 75.2. The van der Waals surface area contributed by atoms with Crippen LogP contribution in [0, 0.1) is 0 Å². The van der Waals surface area contributed by atoms with E-state index >= 15 is 0 Å². The highest BCUT2D eigenvalue weighted by molar-refractivity contribution is 7.59. The minimum atomic E-state index is -6.15. The number of carbonyl (C=O) groups is 3. The number of hydrogen-bond donors (Lipinski definition) is 13. The van der Waals surface area contributed by atoms with E-state index in [1.54, 1.807) is 6.08 Å². The molecule has 5 fully saturated rings. The molecule has 5 aliphatic rings. The van der Waals surface area contributed by atoms with E-state index in [-0.39, 0.29) is 0 Å². The molecule has 5 aliphatic heterocycles. The highest BCUT2D eigenvalue weighted by Gasteiger charge is 2.58. The monoisotopic (exact) mass is 1830 g/mol. The lowest BCUT2D eigenvalue weighted by Gasteiger charge is -2.50. The molecule has 0 amide bonds. The molecular weight excluding hydrogens is 1690 g/mol. The number of ether oxygens (including phenoxy) is 11. The number of carboxylic acids is 1. The van der Waals surface area contributed by atoms with Crippen molar-refractivity contribution in [3.05, 3.63) is 128 Å². The van der Waals surface area contributed by atoms with Crippen LogP contribution in [0.15, 0.2) is 128 Å². The third-order valence-corrected chi connectivity index (χ3v) is 25.0. The molecule has 5 heterocycles. The molecule has 5 rings (SSSR count). The molecule has 720 valence electrons. The molecule has 0 aliphatic carbocycles. The summed E-state index contributed by atoms with van der Waals surface area (Å²) in [5, 5.41) is 157. The van der Waals surface area contributed by atoms with Crippen molar-refractivity contribution >= 4 is 33.6 Å². The number of allylic oxidation sites excluding steroid dienone is 21. The van der Waals surface area contributed by atoms with Crippen LogP contribution in [0.5, 0.6) is 0 Å². The summed E-state index contributed by atoms with van der Waals surface area (Å²) in [5.74, 6) is -4.02. The SMILES string of the molecule is C/C=C(/C)CC/C=C(/C)CC/C=C(/C)CC/C=C(/C)CC/C=C(/C)CC/C=C(/C)CC/C=C(/C)CC/C=C(/C)CC/C=C(\C)CC/C=C(\C)CC/C=C(\C)COP(=O)([O-])OP(=O)([O-])O[C@H]1O[C@H](CO)[C@@H](O[C@@H]2O[C@H](CO)[C@@H](O)[C@H](O[C@H]3O[C@H](COC(C)=O)[C@@H](O)[C@H](O)[C@@H]3O[C@@H]3O[C@H](C(=O)[O-])[C@@H](O[C@@H]4O[C@H](COC(C)=O)[C@@H](O)[C@H](O)[C@@H]4O)[C@H](O)[C@H]3O)[C@H]2O)[C@H](O)[C@H]1O. The standard InChI is InChI=1S/C89H144O35P2/c1-15-51(2)26-16-27-52(3)28-17-29-53(4)30-18-31-54(5)32-19-33-55(6)34-20-35-56(7)36-21-37-57(8)38-22-39-58(9)40-23-41-59(10)42-24-43-60(11)44-25-45-61(12)48-113-125(107,108)124-126(109,110)123-88-77(103)73(99)79(65(47-91)115-88)118-87-78(104)80(70(96)64(46-90)114-87)119-89-82(72(98)69(95)67(117-89)50-112-63(14)93)121-86-76(102)74(100)81(83(122-86)84(105)106)120-85-75(101)71(97)68(94)66(116-85)49-111-62(13)92/h15,27,29,31,33,35,37,39,41,43,45,64-83,85-91,94-104H,16-26,28,30,32,34,36,38,40,42,44,46-50H2,1-14H3,(H,105,106)(H,107,108)(H,109,110)/p-3/b51-15-,52-27-,53-29-,54-31-,55-33-,56-35-,57-37-,58-39-,59-41+,60-43+,61-45+/t64-,65-,66-,67-,68-,69-,70-,71+,72+,73-,74-,75+,76-,77-,78-,79-,80+,81+,82+,83+,85+,86-,87+,88-,89-/m1/s1. The van der Waals surface area contributed by atoms with Crippen LogP contribution >= 0.6 is 15.6 Å². The molecule has 2 unspecified atom stereocenters. The van der Waals surface area contributed by atoms with E-state index in [1.165, 1.54) is 57.1 Å². The van der Waals surface area contributed by atoms with Gasteiger partial charge < -0.3 is 143 Å². The molecule has 35 nitrogen and oxygen atoms in total. The van der Waals surface area contributed by atoms with Gasteiger partial charge in [-0.2, -0.15) is 0 Å². The smallest absolute Gasteiger partial charge is 0.302 e. The zero-order chi connectivity index (χ0) is 93.9. The molecule has 126 heavy (non-hydrogen) atoms. The Balaban J connectivity index is 1.04. The Bertz CT molecular complexity index is 3820. The molecule has 27 atom stereocenters. The molecule has 0 spiro atoms. The van der Waals surface area contributed by atoms with E-state index in [0.29, 0.717) is 18.4 Å². The molecule has 0 aromatic carbocycles. The Morgan fingerprint density at radius 2 is 0.627 bits per heavy atom. The van der Waals surface area contributed by atoms with Crippen LogP contribution in [0.25, 0.3) is 0 Å². The van der Waals surface area contributed by atoms with Crippen molar-refractivity contribution in [3.63, 3.8) is 0 Å². The number of phosphoric ester groups is 2. The number of carboxylic acid groups (broad SMARTS) is 1. The highest BCUT2D eigenvalue weighted by Crippen LogP contribution is 2.57. The number of rotatable bonds is 52. The summed E-state index contributed by atoms with van der Waals surface area (Å²) in [5.41, 5.74) is 14.3. The van der Waals surface area contributed by atoms with Crippen LogP contribution in [0.2, 0.25) is 0 Å². The first-order chi connectivity index (χ1) is 59.4. The summed E-state index contributed by atoms with van der Waals surface area (Å²) in [4.78, 5) is 62.0. The molecule has 13 N–H and O–H groups in total. The number of esters is 2. The summed E-state index contributed by atoms with van der Waals surface area (Å²) < 4.78 is 100.0. The predicted molar refractivity (Wildman–Crippen MR) is 454 cm³/mol. The number of carbonyl (C=O) groups excluding carboxylic acids is 3. The lowest BCUT2D eigenvalue weighted by atomic mass is 9.95. The van der Waals surface area contributed by atoms with Crippen LogP contribution in [-0.2, 0) is 89.0 Å². The molecule has 0 saturated carbocycles. The molecule has 0 aromatic heterocycles. The van der Waals surface area contributed by atoms with Gasteiger partial charge in [-0.15, -0.1) is 0 Å². The van der Waals surface area contributed by atoms with Crippen LogP contribution in [-0.4, -0.2) is 271 Å². The Hall–Kier alpha value is -5.07. The number of aliphatic hydroxyl groups excluding tert-OH is 13. The van der Waals surface area contributed by atoms with Gasteiger partial charge in [0.2, 0.25) is 0 Å². The van der Waals surface area contributed by atoms with E-state index < -0.39 is 220 Å². The fourth-order valence-corrected chi connectivity index (χ4v) is 16.6. The largest absolute Gasteiger partial charge is 0.756 e. The molecule has 0 aromatic rings. The Labute approximate surface area is 740 Å². The third-order valence-electron chi connectivity index (χ3n) is 22.5. The van der Waals surface area contributed by atoms with Gasteiger partial charge in [0.25, 0.3) is 15.6 Å². The van der Waals surface area contributed by atoms with Crippen LogP contribution < -0.4 is 14.9 Å². The normalized spacial score (nSPS) is 32.8. The van der Waals surface area contributed by atoms with Crippen LogP contribution in [0.3, 0.4) is 0 Å². The first-order valence-corrected chi connectivity index (χ1v) is 46.2. The van der Waals surface area contributed by atoms with Gasteiger partial charge in [-0.1, -0.05) is 128 Å². The summed E-state index contributed by atoms with van der Waals surface area (Å²) in [7, 11) is -11.9. The Kier molecular flexibility index (Phi) is 49.6. The van der Waals surface area contributed by atoms with Gasteiger partial charge in [-0.05, 0) is 212 Å². The summed E-state index contributed by atoms with van der Waals surface area (Å²) in [6.07, 6.45) is -11.1. The molecule has 5 saturated heterocycles. The third kappa shape index (κ3) is 38.3. The first kappa shape index (κ1) is 111. The van der Waals surface area contributed by atoms with Crippen molar-refractivity contribution in [1.29, 1.82) is 0 Å². The summed E-state index contributed by atoms with van der Waals surface area (Å²) in [6, 6.07) is 0. The van der Waals surface area contributed by atoms with Crippen LogP contribution in [0.1, 0.15) is 225 Å². The van der Waals surface area contributed by atoms with E-state index in [1.807, 2.05) is 6.92 Å². The van der Waals surface area contributed by atoms with Crippen molar-refractivity contribution in [2.45, 2.75) is 379 Å². The van der Waals surface area contributed by atoms with E-state index in [0.717, 1.165) is 135 Å². The molecule has 0 bridgehead atoms. The van der Waals surface area contributed by atoms with Gasteiger partial charge in [0.15, 0.2) is 31.5 Å². The number of hydrogen-bond acceptors (Lipinski definition) is 35. The minimum absolute atomic E-state index is 0.380. The van der Waals surface area contributed by atoms with Crippen molar-refractivity contribution < 1.29 is 170 Å². The van der Waals surface area contributed by atoms with Crippen LogP contribution in [0.4, 0.5) is 0 Å². The van der Waals surface area contributed by atoms with Crippen molar-refractivity contribution in [1.82, 2.24) is 0 Å². The lowest BCUT2D eigenvalue weighted by Crippen LogP contribution is -2.69. The second-order valence-electron chi connectivity index (χ2n) is 33.6. The quantitative estimate of drug-likeness (QED) is 0.0183. The van der Waals surface area contributed by atoms with Gasteiger partial charge in [0.1, 0.15) is 135 Å². The van der Waals surface area contributed by atoms with Gasteiger partial charge >= 0.3 is 11.9 Å². The number of aliphatic hydroxyl groups is 13. The van der Waals surface area contributed by atoms with Crippen molar-refractivity contribution in [2.24, 2.45) is 0 Å². The number of phosphoric acid groups is 2. The maximum absolute atomic E-state index is 13.1. The lowest BCUT2D eigenvalue weighted by molar-refractivity contribution is -0.405. The fraction of sp³-hybridized carbons (Fsp3) is 0.719. The maximum atomic E-state index is 13.1. The highest BCUT2D eigenvalue weighted by atomic mass is 31.3. The Morgan fingerprint density at radius 1 is 0.325 bits per heavy atom. The van der Waals surface area contributed by atoms with Crippen molar-refractivity contribution in [3.8, 4) is 0 Å². The van der Waals surface area contributed by atoms with E-state index in [4.69, 9.17) is 61.2 Å². The average molecular weight is 1830 g/mol. The summed E-state index contributed by atoms with van der Waals surface area (Å²) >= 11 is 0. The second-order valence-corrected chi connectivity index (χ2v) is 36.5. The average Bonchev–Trinajstić information content (AvgIpc) is 0.737. The number of aliphatic carboxylic acids is 1. The minimum Gasteiger partial charge on any atom is -0.756 e. The first-order valence-electron chi connectivity index (χ1n) is 43.3. The molecule has 0 radical (unpaired) electrons. The fourth-order valence-electron chi connectivity index (χ4n) is 14.5. The molecule has 37 heteroatoms. The Morgan fingerprint density at radius 3 is 1.02 bits per heavy atom. The van der Waals surface area contributed by atoms with E-state index in [2.05, 4.69) is 134 Å². The molecular formula is C89H141O35P2-3. The van der Waals surface area contributed by atoms with E-state index in [9.17, 15) is 105 Å². The predicted octanol–water partition coefficient (Wildman–Crippen LogP) is 6.20. The zero-order valence-corrected chi connectivity index (χ0v) is 76.9. The van der Waals surface area contributed by atoms with Gasteiger partial charge in [0, 0.05) is 13.8 Å². The van der Waals surface area contributed by atoms with Gasteiger partial charge in [-0.25, -0.2) is 4.31 Å². The van der Waals surface area contributed by atoms with Crippen molar-refractivity contribution in [2.75, 3.05) is 33.0 Å². The topological polar surface area (TPSA) is 547 Å². The van der Waals surface area contributed by atoms with Gasteiger partial charge in [-0.3, -0.25) is 23.2 Å². The maximum Gasteiger partial charge on any atom is 0.302 e.